The summed E-state index contributed by atoms with van der Waals surface area (Å²) < 4.78 is 0. The zero-order chi connectivity index (χ0) is 12.8. The molecule has 1 N–H and O–H groups in total. The maximum Gasteiger partial charge on any atom is 0.00515 e. The maximum atomic E-state index is 3.57. The largest absolute Gasteiger partial charge is 0.314 e. The molecule has 1 nitrogen and oxygen atoms in total. The lowest BCUT2D eigenvalue weighted by Crippen LogP contribution is -2.32. The van der Waals surface area contributed by atoms with Crippen LogP contribution in [0.5, 0.6) is 0 Å². The third-order valence-electron chi connectivity index (χ3n) is 3.26. The Morgan fingerprint density at radius 1 is 1.12 bits per heavy atom. The second kappa shape index (κ2) is 7.17. The van der Waals surface area contributed by atoms with E-state index in [9.17, 15) is 0 Å². The Balaban J connectivity index is 2.53. The lowest BCUT2D eigenvalue weighted by Gasteiger charge is -2.22. The first kappa shape index (κ1) is 14.7. The van der Waals surface area contributed by atoms with E-state index in [0.29, 0.717) is 6.04 Å². The molecule has 1 aromatic rings. The molecule has 1 rings (SSSR count). The molecule has 98 valence electrons. The van der Waals surface area contributed by atoms with Crippen molar-refractivity contribution in [3.8, 4) is 0 Å². The van der Waals surface area contributed by atoms with E-state index < -0.39 is 0 Å². The predicted octanol–water partition coefficient (Wildman–Crippen LogP) is 4.12. The topological polar surface area (TPSA) is 12.0 Å². The van der Waals surface area contributed by atoms with Gasteiger partial charge in [-0.15, -0.1) is 11.3 Å². The molecule has 0 fully saturated rings. The second-order valence-corrected chi connectivity index (χ2v) is 6.75. The Morgan fingerprint density at radius 2 is 1.76 bits per heavy atom. The highest BCUT2D eigenvalue weighted by Crippen LogP contribution is 2.23. The van der Waals surface area contributed by atoms with E-state index in [-0.39, 0.29) is 0 Å². The van der Waals surface area contributed by atoms with Crippen LogP contribution in [0.2, 0.25) is 0 Å². The number of hydrogen-bond donors (Lipinski definition) is 1. The molecule has 1 unspecified atom stereocenters. The normalized spacial score (nSPS) is 13.6. The van der Waals surface area contributed by atoms with Gasteiger partial charge in [-0.2, -0.15) is 0 Å². The van der Waals surface area contributed by atoms with Gasteiger partial charge in [0.15, 0.2) is 0 Å². The van der Waals surface area contributed by atoms with Crippen molar-refractivity contribution in [2.45, 2.75) is 53.5 Å². The van der Waals surface area contributed by atoms with E-state index in [2.05, 4.69) is 52.1 Å². The molecule has 0 aliphatic carbocycles. The summed E-state index contributed by atoms with van der Waals surface area (Å²) in [5, 5.41) is 3.57. The number of thiophene rings is 1. The van der Waals surface area contributed by atoms with Gasteiger partial charge in [0.25, 0.3) is 0 Å². The first-order valence-corrected chi connectivity index (χ1v) is 7.65. The van der Waals surface area contributed by atoms with Gasteiger partial charge < -0.3 is 5.32 Å². The van der Waals surface area contributed by atoms with Crippen LogP contribution < -0.4 is 5.32 Å². The Hall–Kier alpha value is -0.340. The average Bonchev–Trinajstić information content (AvgIpc) is 2.71. The molecule has 17 heavy (non-hydrogen) atoms. The van der Waals surface area contributed by atoms with E-state index in [4.69, 9.17) is 0 Å². The summed E-state index contributed by atoms with van der Waals surface area (Å²) in [6.45, 7) is 12.5. The minimum atomic E-state index is 0.589. The second-order valence-electron chi connectivity index (χ2n) is 5.49. The minimum absolute atomic E-state index is 0.589. The summed E-state index contributed by atoms with van der Waals surface area (Å²) in [6.07, 6.45) is 2.39. The number of nitrogens with one attached hydrogen (secondary N) is 1. The first-order valence-electron chi connectivity index (χ1n) is 6.83. The van der Waals surface area contributed by atoms with Gasteiger partial charge in [0.05, 0.1) is 0 Å². The summed E-state index contributed by atoms with van der Waals surface area (Å²) in [7, 11) is 0. The Morgan fingerprint density at radius 3 is 2.24 bits per heavy atom. The van der Waals surface area contributed by atoms with Gasteiger partial charge >= 0.3 is 0 Å². The molecule has 0 saturated carbocycles. The van der Waals surface area contributed by atoms with Crippen LogP contribution >= 0.6 is 11.3 Å². The highest BCUT2D eigenvalue weighted by molar-refractivity contribution is 7.11. The lowest BCUT2D eigenvalue weighted by molar-refractivity contribution is 0.351. The zero-order valence-electron chi connectivity index (χ0n) is 11.9. The summed E-state index contributed by atoms with van der Waals surface area (Å²) in [4.78, 5) is 3.06. The van der Waals surface area contributed by atoms with Crippen molar-refractivity contribution in [3.63, 3.8) is 0 Å². The van der Waals surface area contributed by atoms with Crippen LogP contribution in [0.1, 0.15) is 44.4 Å². The van der Waals surface area contributed by atoms with Crippen molar-refractivity contribution >= 4 is 11.3 Å². The molecule has 0 amide bonds. The van der Waals surface area contributed by atoms with Crippen molar-refractivity contribution in [1.82, 2.24) is 5.32 Å². The van der Waals surface area contributed by atoms with Crippen LogP contribution in [0.3, 0.4) is 0 Å². The smallest absolute Gasteiger partial charge is 0.00515 e. The first-order chi connectivity index (χ1) is 8.02. The van der Waals surface area contributed by atoms with E-state index >= 15 is 0 Å². The van der Waals surface area contributed by atoms with Crippen molar-refractivity contribution in [2.24, 2.45) is 11.8 Å². The predicted molar refractivity (Wildman–Crippen MR) is 78.9 cm³/mol. The van der Waals surface area contributed by atoms with Crippen LogP contribution in [0.25, 0.3) is 0 Å². The molecule has 0 aliphatic rings. The Bertz CT molecular complexity index is 314. The molecule has 0 radical (unpaired) electrons. The summed E-state index contributed by atoms with van der Waals surface area (Å²) in [6, 6.07) is 5.19. The highest BCUT2D eigenvalue weighted by Gasteiger charge is 2.15. The van der Waals surface area contributed by atoms with Crippen LogP contribution in [-0.2, 0) is 12.8 Å². The van der Waals surface area contributed by atoms with Crippen LogP contribution in [0.4, 0.5) is 0 Å². The molecule has 1 heterocycles. The van der Waals surface area contributed by atoms with Gasteiger partial charge in [0.1, 0.15) is 0 Å². The van der Waals surface area contributed by atoms with Crippen molar-refractivity contribution in [2.75, 3.05) is 6.54 Å². The third kappa shape index (κ3) is 5.22. The molecule has 1 atom stereocenters. The standard InChI is InChI=1S/C15H27NS/c1-6-14-7-8-15(17-14)9-13(11(2)3)10-16-12(4)5/h7-8,11-13,16H,6,9-10H2,1-5H3. The average molecular weight is 253 g/mol. The molecule has 0 saturated heterocycles. The molecule has 0 spiro atoms. The molecular weight excluding hydrogens is 226 g/mol. The lowest BCUT2D eigenvalue weighted by atomic mass is 9.91. The Labute approximate surface area is 111 Å². The van der Waals surface area contributed by atoms with Gasteiger partial charge in [-0.05, 0) is 43.4 Å². The monoisotopic (exact) mass is 253 g/mol. The molecule has 2 heteroatoms. The molecule has 0 aliphatic heterocycles. The molecule has 0 aromatic carbocycles. The summed E-state index contributed by atoms with van der Waals surface area (Å²) in [5.41, 5.74) is 0. The van der Waals surface area contributed by atoms with E-state index in [1.807, 2.05) is 11.3 Å². The van der Waals surface area contributed by atoms with Gasteiger partial charge in [0, 0.05) is 15.8 Å². The highest BCUT2D eigenvalue weighted by atomic mass is 32.1. The van der Waals surface area contributed by atoms with Crippen molar-refractivity contribution < 1.29 is 0 Å². The fourth-order valence-corrected chi connectivity index (χ4v) is 2.96. The zero-order valence-corrected chi connectivity index (χ0v) is 12.7. The summed E-state index contributed by atoms with van der Waals surface area (Å²) >= 11 is 1.99. The fourth-order valence-electron chi connectivity index (χ4n) is 1.91. The van der Waals surface area contributed by atoms with Crippen molar-refractivity contribution in [1.29, 1.82) is 0 Å². The SMILES string of the molecule is CCc1ccc(CC(CNC(C)C)C(C)C)s1. The van der Waals surface area contributed by atoms with E-state index in [1.165, 1.54) is 17.7 Å². The van der Waals surface area contributed by atoms with Gasteiger partial charge in [-0.3, -0.25) is 0 Å². The fraction of sp³-hybridized carbons (Fsp3) is 0.733. The number of rotatable bonds is 7. The van der Waals surface area contributed by atoms with Crippen molar-refractivity contribution in [3.05, 3.63) is 21.9 Å². The van der Waals surface area contributed by atoms with Crippen LogP contribution in [-0.4, -0.2) is 12.6 Å². The molecule has 0 bridgehead atoms. The third-order valence-corrected chi connectivity index (χ3v) is 4.51. The molecular formula is C15H27NS. The summed E-state index contributed by atoms with van der Waals surface area (Å²) in [5.74, 6) is 1.49. The van der Waals surface area contributed by atoms with Crippen LogP contribution in [0.15, 0.2) is 12.1 Å². The maximum absolute atomic E-state index is 3.57. The number of hydrogen-bond acceptors (Lipinski definition) is 2. The number of aryl methyl sites for hydroxylation is 1. The van der Waals surface area contributed by atoms with Gasteiger partial charge in [0.2, 0.25) is 0 Å². The molecule has 1 aromatic heterocycles. The van der Waals surface area contributed by atoms with Crippen LogP contribution in [0, 0.1) is 11.8 Å². The van der Waals surface area contributed by atoms with E-state index in [0.717, 1.165) is 18.4 Å². The Kier molecular flexibility index (Phi) is 6.21. The van der Waals surface area contributed by atoms with Gasteiger partial charge in [-0.25, -0.2) is 0 Å². The van der Waals surface area contributed by atoms with E-state index in [1.54, 1.807) is 4.88 Å². The van der Waals surface area contributed by atoms with Gasteiger partial charge in [-0.1, -0.05) is 34.6 Å². The minimum Gasteiger partial charge on any atom is -0.314 e. The quantitative estimate of drug-likeness (QED) is 0.770.